The third-order valence-electron chi connectivity index (χ3n) is 5.02. The molecular weight excluding hydrogens is 346 g/mol. The number of rotatable bonds is 5. The SMILES string of the molecule is COc1ccc2c(c1)nc1n2C(CNCc2ccc3c(c2)OCO3)COC1. The van der Waals surface area contributed by atoms with Gasteiger partial charge in [-0.1, -0.05) is 6.07 Å². The number of hydrogen-bond donors (Lipinski definition) is 1. The molecule has 1 aromatic heterocycles. The zero-order chi connectivity index (χ0) is 18.2. The van der Waals surface area contributed by atoms with Crippen LogP contribution in [0.4, 0.5) is 0 Å². The van der Waals surface area contributed by atoms with Crippen LogP contribution >= 0.6 is 0 Å². The van der Waals surface area contributed by atoms with Gasteiger partial charge in [-0.2, -0.15) is 0 Å². The highest BCUT2D eigenvalue weighted by molar-refractivity contribution is 5.78. The zero-order valence-corrected chi connectivity index (χ0v) is 15.1. The lowest BCUT2D eigenvalue weighted by molar-refractivity contribution is 0.0564. The Labute approximate surface area is 156 Å². The number of ether oxygens (including phenoxy) is 4. The summed E-state index contributed by atoms with van der Waals surface area (Å²) in [7, 11) is 1.67. The maximum Gasteiger partial charge on any atom is 0.231 e. The van der Waals surface area contributed by atoms with Gasteiger partial charge in [-0.15, -0.1) is 0 Å². The van der Waals surface area contributed by atoms with E-state index in [9.17, 15) is 0 Å². The molecule has 5 rings (SSSR count). The van der Waals surface area contributed by atoms with Gasteiger partial charge in [0.15, 0.2) is 11.5 Å². The molecule has 1 atom stereocenters. The van der Waals surface area contributed by atoms with E-state index in [2.05, 4.69) is 22.0 Å². The molecule has 1 unspecified atom stereocenters. The van der Waals surface area contributed by atoms with Gasteiger partial charge in [0.2, 0.25) is 6.79 Å². The van der Waals surface area contributed by atoms with Gasteiger partial charge < -0.3 is 28.8 Å². The number of hydrogen-bond acceptors (Lipinski definition) is 6. The van der Waals surface area contributed by atoms with E-state index >= 15 is 0 Å². The third-order valence-corrected chi connectivity index (χ3v) is 5.02. The first-order valence-corrected chi connectivity index (χ1v) is 9.03. The van der Waals surface area contributed by atoms with Crippen molar-refractivity contribution in [2.45, 2.75) is 19.2 Å². The zero-order valence-electron chi connectivity index (χ0n) is 15.1. The first kappa shape index (κ1) is 16.4. The van der Waals surface area contributed by atoms with Crippen molar-refractivity contribution in [1.82, 2.24) is 14.9 Å². The third kappa shape index (κ3) is 2.98. The minimum absolute atomic E-state index is 0.196. The maximum atomic E-state index is 5.77. The van der Waals surface area contributed by atoms with Crippen molar-refractivity contribution in [3.8, 4) is 17.2 Å². The Morgan fingerprint density at radius 2 is 2.11 bits per heavy atom. The van der Waals surface area contributed by atoms with Crippen LogP contribution in [0.15, 0.2) is 36.4 Å². The van der Waals surface area contributed by atoms with Crippen LogP contribution in [0.2, 0.25) is 0 Å². The van der Waals surface area contributed by atoms with Crippen molar-refractivity contribution >= 4 is 11.0 Å². The Hall–Kier alpha value is -2.77. The van der Waals surface area contributed by atoms with Crippen LogP contribution in [-0.2, 0) is 17.9 Å². The standard InChI is InChI=1S/C20H21N3O4/c1-24-15-3-4-17-16(7-15)22-20-11-25-10-14(23(17)20)9-21-8-13-2-5-18-19(6-13)27-12-26-18/h2-7,14,21H,8-12H2,1H3. The summed E-state index contributed by atoms with van der Waals surface area (Å²) in [5.41, 5.74) is 3.22. The van der Waals surface area contributed by atoms with E-state index in [0.717, 1.165) is 52.8 Å². The first-order chi connectivity index (χ1) is 13.3. The maximum absolute atomic E-state index is 5.77. The van der Waals surface area contributed by atoms with Crippen molar-refractivity contribution in [3.63, 3.8) is 0 Å². The minimum Gasteiger partial charge on any atom is -0.497 e. The molecule has 0 saturated carbocycles. The Kier molecular flexibility index (Phi) is 4.10. The van der Waals surface area contributed by atoms with Gasteiger partial charge in [-0.25, -0.2) is 4.98 Å². The van der Waals surface area contributed by atoms with Crippen molar-refractivity contribution < 1.29 is 18.9 Å². The molecule has 0 amide bonds. The van der Waals surface area contributed by atoms with Crippen LogP contribution in [0, 0.1) is 0 Å². The van der Waals surface area contributed by atoms with Crippen LogP contribution in [0.5, 0.6) is 17.2 Å². The predicted octanol–water partition coefficient (Wildman–Crippen LogP) is 2.63. The molecular formula is C20H21N3O4. The summed E-state index contributed by atoms with van der Waals surface area (Å²) in [6, 6.07) is 12.3. The van der Waals surface area contributed by atoms with Crippen molar-refractivity contribution in [2.75, 3.05) is 27.1 Å². The summed E-state index contributed by atoms with van der Waals surface area (Å²) in [6.45, 7) is 3.04. The summed E-state index contributed by atoms with van der Waals surface area (Å²) in [4.78, 5) is 4.72. The smallest absolute Gasteiger partial charge is 0.231 e. The highest BCUT2D eigenvalue weighted by Crippen LogP contribution is 2.32. The lowest BCUT2D eigenvalue weighted by atomic mass is 10.2. The Morgan fingerprint density at radius 3 is 3.04 bits per heavy atom. The largest absolute Gasteiger partial charge is 0.497 e. The summed E-state index contributed by atoms with van der Waals surface area (Å²) < 4.78 is 24.2. The quantitative estimate of drug-likeness (QED) is 0.748. The molecule has 0 radical (unpaired) electrons. The molecule has 7 nitrogen and oxygen atoms in total. The normalized spacial score (nSPS) is 17.9. The number of nitrogens with zero attached hydrogens (tertiary/aromatic N) is 2. The number of benzene rings is 2. The fourth-order valence-electron chi connectivity index (χ4n) is 3.71. The van der Waals surface area contributed by atoms with E-state index in [1.165, 1.54) is 0 Å². The van der Waals surface area contributed by atoms with Gasteiger partial charge in [0.25, 0.3) is 0 Å². The molecule has 7 heteroatoms. The van der Waals surface area contributed by atoms with E-state index in [4.69, 9.17) is 23.9 Å². The van der Waals surface area contributed by atoms with Crippen LogP contribution in [0.1, 0.15) is 17.4 Å². The molecule has 0 bridgehead atoms. The van der Waals surface area contributed by atoms with Crippen LogP contribution in [0.3, 0.4) is 0 Å². The van der Waals surface area contributed by atoms with Gasteiger partial charge in [0, 0.05) is 19.2 Å². The molecule has 2 aliphatic rings. The monoisotopic (exact) mass is 367 g/mol. The molecule has 27 heavy (non-hydrogen) atoms. The highest BCUT2D eigenvalue weighted by Gasteiger charge is 2.24. The van der Waals surface area contributed by atoms with Crippen molar-refractivity contribution in [1.29, 1.82) is 0 Å². The molecule has 0 fully saturated rings. The molecule has 0 saturated heterocycles. The number of aromatic nitrogens is 2. The number of nitrogens with one attached hydrogen (secondary N) is 1. The number of imidazole rings is 1. The molecule has 0 aliphatic carbocycles. The Balaban J connectivity index is 1.32. The van der Waals surface area contributed by atoms with E-state index in [-0.39, 0.29) is 6.04 Å². The van der Waals surface area contributed by atoms with Gasteiger partial charge in [0.1, 0.15) is 18.2 Å². The lowest BCUT2D eigenvalue weighted by Gasteiger charge is -2.26. The van der Waals surface area contributed by atoms with Crippen LogP contribution < -0.4 is 19.5 Å². The minimum atomic E-state index is 0.196. The van der Waals surface area contributed by atoms with Gasteiger partial charge >= 0.3 is 0 Å². The molecule has 140 valence electrons. The predicted molar refractivity (Wildman–Crippen MR) is 99.2 cm³/mol. The second-order valence-corrected chi connectivity index (χ2v) is 6.74. The highest BCUT2D eigenvalue weighted by atomic mass is 16.7. The average molecular weight is 367 g/mol. The molecule has 2 aromatic carbocycles. The Morgan fingerprint density at radius 1 is 1.19 bits per heavy atom. The van der Waals surface area contributed by atoms with Gasteiger partial charge in [-0.05, 0) is 29.8 Å². The summed E-state index contributed by atoms with van der Waals surface area (Å²) in [6.07, 6.45) is 0. The van der Waals surface area contributed by atoms with Gasteiger partial charge in [0.05, 0.1) is 30.8 Å². The van der Waals surface area contributed by atoms with Crippen LogP contribution in [0.25, 0.3) is 11.0 Å². The number of methoxy groups -OCH3 is 1. The van der Waals surface area contributed by atoms with Crippen molar-refractivity contribution in [3.05, 3.63) is 47.8 Å². The van der Waals surface area contributed by atoms with Gasteiger partial charge in [-0.3, -0.25) is 0 Å². The van der Waals surface area contributed by atoms with E-state index in [1.807, 2.05) is 24.3 Å². The fourth-order valence-corrected chi connectivity index (χ4v) is 3.71. The molecule has 3 heterocycles. The van der Waals surface area contributed by atoms with E-state index < -0.39 is 0 Å². The molecule has 2 aliphatic heterocycles. The van der Waals surface area contributed by atoms with Crippen LogP contribution in [-0.4, -0.2) is 36.6 Å². The average Bonchev–Trinajstić information content (AvgIpc) is 3.31. The topological polar surface area (TPSA) is 66.8 Å². The van der Waals surface area contributed by atoms with Crippen molar-refractivity contribution in [2.24, 2.45) is 0 Å². The molecule has 3 aromatic rings. The van der Waals surface area contributed by atoms with E-state index in [1.54, 1.807) is 7.11 Å². The fraction of sp³-hybridized carbons (Fsp3) is 0.350. The summed E-state index contributed by atoms with van der Waals surface area (Å²) in [5.74, 6) is 3.40. The second kappa shape index (κ2) is 6.75. The molecule has 0 spiro atoms. The summed E-state index contributed by atoms with van der Waals surface area (Å²) in [5, 5.41) is 3.53. The number of fused-ring (bicyclic) bond motifs is 4. The van der Waals surface area contributed by atoms with E-state index in [0.29, 0.717) is 20.0 Å². The first-order valence-electron chi connectivity index (χ1n) is 9.03. The summed E-state index contributed by atoms with van der Waals surface area (Å²) >= 11 is 0. The second-order valence-electron chi connectivity index (χ2n) is 6.74. The lowest BCUT2D eigenvalue weighted by Crippen LogP contribution is -2.32. The Bertz CT molecular complexity index is 985. The molecule has 1 N–H and O–H groups in total.